The van der Waals surface area contributed by atoms with Crippen LogP contribution in [-0.4, -0.2) is 18.1 Å². The predicted molar refractivity (Wildman–Crippen MR) is 73.7 cm³/mol. The van der Waals surface area contributed by atoms with Crippen molar-refractivity contribution in [2.45, 2.75) is 6.54 Å². The predicted octanol–water partition coefficient (Wildman–Crippen LogP) is 2.20. The third-order valence-electron chi connectivity index (χ3n) is 2.66. The largest absolute Gasteiger partial charge is 0.465 e. The lowest BCUT2D eigenvalue weighted by Crippen LogP contribution is -2.10. The van der Waals surface area contributed by atoms with Crippen LogP contribution < -0.4 is 11.1 Å². The van der Waals surface area contributed by atoms with Crippen LogP contribution in [0.4, 0.5) is 15.9 Å². The molecule has 0 aliphatic carbocycles. The minimum absolute atomic E-state index is 0.240. The smallest absolute Gasteiger partial charge is 0.341 e. The first-order valence-electron chi connectivity index (χ1n) is 5.92. The lowest BCUT2D eigenvalue weighted by atomic mass is 10.2. The first-order valence-corrected chi connectivity index (χ1v) is 5.92. The van der Waals surface area contributed by atoms with E-state index in [4.69, 9.17) is 5.73 Å². The number of carbonyl (C=O) groups is 1. The molecule has 0 unspecified atom stereocenters. The zero-order chi connectivity index (χ0) is 14.5. The average Bonchev–Trinajstić information content (AvgIpc) is 2.45. The minimum atomic E-state index is -0.536. The molecule has 0 radical (unpaired) electrons. The van der Waals surface area contributed by atoms with Crippen LogP contribution in [0.15, 0.2) is 36.5 Å². The molecule has 1 aromatic heterocycles. The number of halogens is 1. The molecule has 0 amide bonds. The SMILES string of the molecule is COC(=O)c1cc(N)cnc1NCc1cccc(F)c1. The number of carbonyl (C=O) groups excluding carboxylic acids is 1. The molecular formula is C14H14FN3O2. The molecule has 6 heteroatoms. The van der Waals surface area contributed by atoms with Gasteiger partial charge in [0, 0.05) is 6.54 Å². The molecule has 0 aliphatic rings. The average molecular weight is 275 g/mol. The van der Waals surface area contributed by atoms with Crippen LogP contribution in [-0.2, 0) is 11.3 Å². The number of ether oxygens (including phenoxy) is 1. The highest BCUT2D eigenvalue weighted by Crippen LogP contribution is 2.17. The van der Waals surface area contributed by atoms with Crippen LogP contribution in [0.1, 0.15) is 15.9 Å². The molecule has 104 valence electrons. The van der Waals surface area contributed by atoms with Crippen LogP contribution >= 0.6 is 0 Å². The number of hydrogen-bond donors (Lipinski definition) is 2. The van der Waals surface area contributed by atoms with Crippen LogP contribution in [0.3, 0.4) is 0 Å². The summed E-state index contributed by atoms with van der Waals surface area (Å²) in [6.45, 7) is 0.332. The first-order chi connectivity index (χ1) is 9.60. The van der Waals surface area contributed by atoms with Gasteiger partial charge in [0.2, 0.25) is 0 Å². The zero-order valence-corrected chi connectivity index (χ0v) is 10.9. The van der Waals surface area contributed by atoms with E-state index in [0.29, 0.717) is 18.1 Å². The number of nitrogens with zero attached hydrogens (tertiary/aromatic N) is 1. The maximum absolute atomic E-state index is 13.1. The Bertz CT molecular complexity index is 632. The van der Waals surface area contributed by atoms with Crippen molar-refractivity contribution < 1.29 is 13.9 Å². The third-order valence-corrected chi connectivity index (χ3v) is 2.66. The van der Waals surface area contributed by atoms with Gasteiger partial charge in [-0.25, -0.2) is 14.2 Å². The van der Waals surface area contributed by atoms with Gasteiger partial charge in [-0.05, 0) is 23.8 Å². The van der Waals surface area contributed by atoms with Crippen LogP contribution in [0.2, 0.25) is 0 Å². The molecule has 2 rings (SSSR count). The maximum Gasteiger partial charge on any atom is 0.341 e. The number of nitrogen functional groups attached to an aromatic ring is 1. The van der Waals surface area contributed by atoms with E-state index in [-0.39, 0.29) is 11.4 Å². The van der Waals surface area contributed by atoms with E-state index in [1.54, 1.807) is 12.1 Å². The monoisotopic (exact) mass is 275 g/mol. The Morgan fingerprint density at radius 1 is 1.45 bits per heavy atom. The van der Waals surface area contributed by atoms with Gasteiger partial charge in [0.05, 0.1) is 19.0 Å². The van der Waals surface area contributed by atoms with Gasteiger partial charge in [0.1, 0.15) is 17.2 Å². The number of anilines is 2. The molecular weight excluding hydrogens is 261 g/mol. The summed E-state index contributed by atoms with van der Waals surface area (Å²) in [5.41, 5.74) is 6.94. The van der Waals surface area contributed by atoms with E-state index in [0.717, 1.165) is 5.56 Å². The van der Waals surface area contributed by atoms with Crippen LogP contribution in [0.25, 0.3) is 0 Å². The number of aromatic nitrogens is 1. The quantitative estimate of drug-likeness (QED) is 0.836. The number of hydrogen-bond acceptors (Lipinski definition) is 5. The van der Waals surface area contributed by atoms with E-state index in [1.807, 2.05) is 0 Å². The van der Waals surface area contributed by atoms with Crippen molar-refractivity contribution in [1.29, 1.82) is 0 Å². The van der Waals surface area contributed by atoms with E-state index < -0.39 is 5.97 Å². The summed E-state index contributed by atoms with van der Waals surface area (Å²) in [5, 5.41) is 2.97. The maximum atomic E-state index is 13.1. The molecule has 0 bridgehead atoms. The van der Waals surface area contributed by atoms with Gasteiger partial charge in [-0.15, -0.1) is 0 Å². The topological polar surface area (TPSA) is 77.2 Å². The number of benzene rings is 1. The van der Waals surface area contributed by atoms with Crippen molar-refractivity contribution in [3.05, 3.63) is 53.5 Å². The molecule has 0 aliphatic heterocycles. The van der Waals surface area contributed by atoms with Gasteiger partial charge in [-0.1, -0.05) is 12.1 Å². The molecule has 0 saturated carbocycles. The van der Waals surface area contributed by atoms with Gasteiger partial charge in [-0.3, -0.25) is 0 Å². The van der Waals surface area contributed by atoms with Crippen molar-refractivity contribution >= 4 is 17.5 Å². The Morgan fingerprint density at radius 2 is 2.25 bits per heavy atom. The molecule has 0 spiro atoms. The summed E-state index contributed by atoms with van der Waals surface area (Å²) >= 11 is 0. The van der Waals surface area contributed by atoms with Crippen LogP contribution in [0.5, 0.6) is 0 Å². The van der Waals surface area contributed by atoms with E-state index in [9.17, 15) is 9.18 Å². The Balaban J connectivity index is 2.19. The Labute approximate surface area is 115 Å². The lowest BCUT2D eigenvalue weighted by Gasteiger charge is -2.10. The molecule has 0 atom stereocenters. The first kappa shape index (κ1) is 13.8. The normalized spacial score (nSPS) is 10.1. The highest BCUT2D eigenvalue weighted by atomic mass is 19.1. The van der Waals surface area contributed by atoms with Crippen molar-refractivity contribution in [2.24, 2.45) is 0 Å². The van der Waals surface area contributed by atoms with Crippen molar-refractivity contribution in [3.63, 3.8) is 0 Å². The summed E-state index contributed by atoms with van der Waals surface area (Å²) in [5.74, 6) is -0.510. The number of nitrogens with two attached hydrogens (primary N) is 1. The van der Waals surface area contributed by atoms with Gasteiger partial charge < -0.3 is 15.8 Å². The second-order valence-corrected chi connectivity index (χ2v) is 4.14. The summed E-state index contributed by atoms with van der Waals surface area (Å²) in [7, 11) is 1.28. The fraction of sp³-hybridized carbons (Fsp3) is 0.143. The fourth-order valence-electron chi connectivity index (χ4n) is 1.72. The third kappa shape index (κ3) is 3.23. The van der Waals surface area contributed by atoms with Crippen LogP contribution in [0, 0.1) is 5.82 Å². The fourth-order valence-corrected chi connectivity index (χ4v) is 1.72. The molecule has 2 aromatic rings. The summed E-state index contributed by atoms with van der Waals surface area (Å²) in [6, 6.07) is 7.63. The lowest BCUT2D eigenvalue weighted by molar-refractivity contribution is 0.0601. The summed E-state index contributed by atoms with van der Waals surface area (Å²) in [6.07, 6.45) is 1.43. The molecule has 3 N–H and O–H groups in total. The number of nitrogens with one attached hydrogen (secondary N) is 1. The minimum Gasteiger partial charge on any atom is -0.465 e. The molecule has 0 fully saturated rings. The van der Waals surface area contributed by atoms with E-state index in [2.05, 4.69) is 15.0 Å². The number of esters is 1. The Kier molecular flexibility index (Phi) is 4.14. The molecule has 5 nitrogen and oxygen atoms in total. The Hall–Kier alpha value is -2.63. The van der Waals surface area contributed by atoms with Gasteiger partial charge in [0.15, 0.2) is 0 Å². The van der Waals surface area contributed by atoms with E-state index in [1.165, 1.54) is 31.5 Å². The van der Waals surface area contributed by atoms with Crippen molar-refractivity contribution in [1.82, 2.24) is 4.98 Å². The summed E-state index contributed by atoms with van der Waals surface area (Å²) in [4.78, 5) is 15.7. The number of methoxy groups -OCH3 is 1. The summed E-state index contributed by atoms with van der Waals surface area (Å²) < 4.78 is 17.7. The molecule has 20 heavy (non-hydrogen) atoms. The highest BCUT2D eigenvalue weighted by molar-refractivity contribution is 5.95. The van der Waals surface area contributed by atoms with Gasteiger partial charge in [0.25, 0.3) is 0 Å². The Morgan fingerprint density at radius 3 is 2.95 bits per heavy atom. The molecule has 1 heterocycles. The number of pyridine rings is 1. The van der Waals surface area contributed by atoms with Crippen molar-refractivity contribution in [3.8, 4) is 0 Å². The second kappa shape index (κ2) is 6.01. The van der Waals surface area contributed by atoms with E-state index >= 15 is 0 Å². The van der Waals surface area contributed by atoms with Gasteiger partial charge >= 0.3 is 5.97 Å². The molecule has 1 aromatic carbocycles. The zero-order valence-electron chi connectivity index (χ0n) is 10.9. The number of rotatable bonds is 4. The highest BCUT2D eigenvalue weighted by Gasteiger charge is 2.13. The standard InChI is InChI=1S/C14H14FN3O2/c1-20-14(19)12-6-11(16)8-18-13(12)17-7-9-3-2-4-10(15)5-9/h2-6,8H,7,16H2,1H3,(H,17,18). The molecule has 0 saturated heterocycles. The van der Waals surface area contributed by atoms with Crippen molar-refractivity contribution in [2.75, 3.05) is 18.2 Å². The van der Waals surface area contributed by atoms with Gasteiger partial charge in [-0.2, -0.15) is 0 Å². The second-order valence-electron chi connectivity index (χ2n) is 4.14.